The standard InChI is InChI=1S/C14H16N2O4/c1-14(2,3)15-13(18)8-7-12(17)10-5-4-6-11(9-10)16(19)20/h4-9H,1-3H3,(H,15,18)/b8-7+. The van der Waals surface area contributed by atoms with E-state index in [0.29, 0.717) is 0 Å². The minimum atomic E-state index is -0.577. The van der Waals surface area contributed by atoms with Crippen LogP contribution in [0.1, 0.15) is 31.1 Å². The molecule has 0 spiro atoms. The fourth-order valence-corrected chi connectivity index (χ4v) is 1.43. The van der Waals surface area contributed by atoms with Crippen LogP contribution in [0.15, 0.2) is 36.4 Å². The summed E-state index contributed by atoms with van der Waals surface area (Å²) in [4.78, 5) is 33.3. The van der Waals surface area contributed by atoms with Crippen LogP contribution < -0.4 is 5.32 Å². The lowest BCUT2D eigenvalue weighted by Gasteiger charge is -2.18. The summed E-state index contributed by atoms with van der Waals surface area (Å²) < 4.78 is 0. The quantitative estimate of drug-likeness (QED) is 0.395. The maximum atomic E-state index is 11.8. The molecule has 1 aromatic carbocycles. The maximum Gasteiger partial charge on any atom is 0.270 e. The summed E-state index contributed by atoms with van der Waals surface area (Å²) >= 11 is 0. The van der Waals surface area contributed by atoms with Crippen LogP contribution in [0.5, 0.6) is 0 Å². The van der Waals surface area contributed by atoms with E-state index in [4.69, 9.17) is 0 Å². The third-order valence-corrected chi connectivity index (χ3v) is 2.23. The van der Waals surface area contributed by atoms with E-state index in [1.807, 2.05) is 20.8 Å². The number of nitrogens with zero attached hydrogens (tertiary/aromatic N) is 1. The topological polar surface area (TPSA) is 89.3 Å². The van der Waals surface area contributed by atoms with E-state index < -0.39 is 22.2 Å². The van der Waals surface area contributed by atoms with Crippen molar-refractivity contribution < 1.29 is 14.5 Å². The van der Waals surface area contributed by atoms with Gasteiger partial charge in [0.15, 0.2) is 5.78 Å². The van der Waals surface area contributed by atoms with E-state index >= 15 is 0 Å². The Bertz CT molecular complexity index is 571. The average Bonchev–Trinajstić information content (AvgIpc) is 2.34. The number of amides is 1. The number of hydrogen-bond donors (Lipinski definition) is 1. The van der Waals surface area contributed by atoms with Crippen molar-refractivity contribution in [3.63, 3.8) is 0 Å². The fraction of sp³-hybridized carbons (Fsp3) is 0.286. The number of rotatable bonds is 4. The van der Waals surface area contributed by atoms with Crippen molar-refractivity contribution in [3.05, 3.63) is 52.1 Å². The molecule has 0 radical (unpaired) electrons. The van der Waals surface area contributed by atoms with Crippen LogP contribution in [0.4, 0.5) is 5.69 Å². The van der Waals surface area contributed by atoms with Crippen molar-refractivity contribution in [2.45, 2.75) is 26.3 Å². The van der Waals surface area contributed by atoms with Crippen LogP contribution in [0.3, 0.4) is 0 Å². The molecule has 0 fully saturated rings. The maximum absolute atomic E-state index is 11.8. The average molecular weight is 276 g/mol. The Morgan fingerprint density at radius 3 is 2.45 bits per heavy atom. The van der Waals surface area contributed by atoms with Crippen LogP contribution in [0.25, 0.3) is 0 Å². The number of non-ortho nitro benzene ring substituents is 1. The van der Waals surface area contributed by atoms with E-state index in [2.05, 4.69) is 5.32 Å². The Morgan fingerprint density at radius 2 is 1.90 bits per heavy atom. The van der Waals surface area contributed by atoms with Gasteiger partial charge in [0.1, 0.15) is 0 Å². The molecule has 1 amide bonds. The van der Waals surface area contributed by atoms with Gasteiger partial charge in [0.2, 0.25) is 5.91 Å². The predicted molar refractivity (Wildman–Crippen MR) is 74.5 cm³/mol. The number of ketones is 1. The van der Waals surface area contributed by atoms with Gasteiger partial charge in [-0.3, -0.25) is 19.7 Å². The minimum absolute atomic E-state index is 0.164. The van der Waals surface area contributed by atoms with Gasteiger partial charge in [-0.1, -0.05) is 12.1 Å². The Balaban J connectivity index is 2.79. The number of allylic oxidation sites excluding steroid dienone is 1. The first-order chi connectivity index (χ1) is 9.19. The summed E-state index contributed by atoms with van der Waals surface area (Å²) in [6.45, 7) is 5.46. The van der Waals surface area contributed by atoms with Crippen LogP contribution in [-0.4, -0.2) is 22.2 Å². The van der Waals surface area contributed by atoms with Crippen molar-refractivity contribution in [1.82, 2.24) is 5.32 Å². The number of nitrogens with one attached hydrogen (secondary N) is 1. The predicted octanol–water partition coefficient (Wildman–Crippen LogP) is 2.25. The highest BCUT2D eigenvalue weighted by Gasteiger charge is 2.13. The van der Waals surface area contributed by atoms with Gasteiger partial charge in [-0.05, 0) is 26.8 Å². The van der Waals surface area contributed by atoms with Crippen LogP contribution in [-0.2, 0) is 4.79 Å². The molecule has 0 aliphatic rings. The molecular weight excluding hydrogens is 260 g/mol. The summed E-state index contributed by atoms with van der Waals surface area (Å²) in [6, 6.07) is 5.36. The molecular formula is C14H16N2O4. The lowest BCUT2D eigenvalue weighted by atomic mass is 10.1. The minimum Gasteiger partial charge on any atom is -0.348 e. The molecule has 0 saturated heterocycles. The second-order valence-corrected chi connectivity index (χ2v) is 5.24. The molecule has 0 saturated carbocycles. The zero-order valence-corrected chi connectivity index (χ0v) is 11.5. The van der Waals surface area contributed by atoms with Crippen LogP contribution in [0.2, 0.25) is 0 Å². The van der Waals surface area contributed by atoms with Crippen molar-refractivity contribution in [1.29, 1.82) is 0 Å². The number of carbonyl (C=O) groups is 2. The summed E-state index contributed by atoms with van der Waals surface area (Å²) in [5.74, 6) is -0.853. The van der Waals surface area contributed by atoms with Crippen molar-refractivity contribution in [3.8, 4) is 0 Å². The van der Waals surface area contributed by atoms with Gasteiger partial charge in [0.05, 0.1) is 4.92 Å². The highest BCUT2D eigenvalue weighted by atomic mass is 16.6. The monoisotopic (exact) mass is 276 g/mol. The number of hydrogen-bond acceptors (Lipinski definition) is 4. The molecule has 0 unspecified atom stereocenters. The van der Waals surface area contributed by atoms with E-state index in [9.17, 15) is 19.7 Å². The molecule has 0 aliphatic carbocycles. The van der Waals surface area contributed by atoms with E-state index in [1.165, 1.54) is 24.3 Å². The molecule has 106 valence electrons. The molecule has 0 aromatic heterocycles. The van der Waals surface area contributed by atoms with E-state index in [1.54, 1.807) is 0 Å². The Kier molecular flexibility index (Phi) is 4.74. The lowest BCUT2D eigenvalue weighted by molar-refractivity contribution is -0.384. The van der Waals surface area contributed by atoms with Gasteiger partial charge < -0.3 is 5.32 Å². The van der Waals surface area contributed by atoms with Crippen LogP contribution >= 0.6 is 0 Å². The van der Waals surface area contributed by atoms with Gasteiger partial charge in [-0.15, -0.1) is 0 Å². The first-order valence-corrected chi connectivity index (χ1v) is 5.98. The van der Waals surface area contributed by atoms with Crippen molar-refractivity contribution in [2.24, 2.45) is 0 Å². The molecule has 0 aliphatic heterocycles. The van der Waals surface area contributed by atoms with Gasteiger partial charge in [-0.25, -0.2) is 0 Å². The summed E-state index contributed by atoms with van der Waals surface area (Å²) in [5, 5.41) is 13.3. The third kappa shape index (κ3) is 5.01. The number of benzene rings is 1. The first-order valence-electron chi connectivity index (χ1n) is 5.98. The summed E-state index contributed by atoms with van der Waals surface area (Å²) in [6.07, 6.45) is 2.21. The zero-order valence-electron chi connectivity index (χ0n) is 11.5. The van der Waals surface area contributed by atoms with Crippen molar-refractivity contribution >= 4 is 17.4 Å². The van der Waals surface area contributed by atoms with Gasteiger partial charge in [0.25, 0.3) is 5.69 Å². The number of nitro groups is 1. The molecule has 0 bridgehead atoms. The normalized spacial score (nSPS) is 11.3. The number of nitro benzene ring substituents is 1. The van der Waals surface area contributed by atoms with E-state index in [-0.39, 0.29) is 11.3 Å². The molecule has 20 heavy (non-hydrogen) atoms. The van der Waals surface area contributed by atoms with Crippen LogP contribution in [0, 0.1) is 10.1 Å². The molecule has 0 atom stereocenters. The molecule has 6 heteroatoms. The summed E-state index contributed by atoms with van der Waals surface area (Å²) in [7, 11) is 0. The second-order valence-electron chi connectivity index (χ2n) is 5.24. The molecule has 1 N–H and O–H groups in total. The van der Waals surface area contributed by atoms with E-state index in [0.717, 1.165) is 12.2 Å². The smallest absolute Gasteiger partial charge is 0.270 e. The largest absolute Gasteiger partial charge is 0.348 e. The second kappa shape index (κ2) is 6.10. The summed E-state index contributed by atoms with van der Waals surface area (Å²) in [5.41, 5.74) is -0.391. The highest BCUT2D eigenvalue weighted by molar-refractivity contribution is 6.07. The van der Waals surface area contributed by atoms with Gasteiger partial charge in [-0.2, -0.15) is 0 Å². The molecule has 1 aromatic rings. The Morgan fingerprint density at radius 1 is 1.25 bits per heavy atom. The highest BCUT2D eigenvalue weighted by Crippen LogP contribution is 2.13. The molecule has 0 heterocycles. The SMILES string of the molecule is CC(C)(C)NC(=O)/C=C/C(=O)c1cccc([N+](=O)[O-])c1. The first kappa shape index (κ1) is 15.6. The molecule has 1 rings (SSSR count). The Hall–Kier alpha value is -2.50. The number of carbonyl (C=O) groups excluding carboxylic acids is 2. The zero-order chi connectivity index (χ0) is 15.3. The van der Waals surface area contributed by atoms with Crippen molar-refractivity contribution in [2.75, 3.05) is 0 Å². The fourth-order valence-electron chi connectivity index (χ4n) is 1.43. The van der Waals surface area contributed by atoms with Gasteiger partial charge >= 0.3 is 0 Å². The molecule has 6 nitrogen and oxygen atoms in total. The van der Waals surface area contributed by atoms with Gasteiger partial charge in [0, 0.05) is 29.3 Å². The third-order valence-electron chi connectivity index (χ3n) is 2.23. The lowest BCUT2D eigenvalue weighted by Crippen LogP contribution is -2.39. The Labute approximate surface area is 116 Å².